The van der Waals surface area contributed by atoms with E-state index in [2.05, 4.69) is 33.3 Å². The predicted molar refractivity (Wildman–Crippen MR) is 216 cm³/mol. The van der Waals surface area contributed by atoms with Gasteiger partial charge in [-0.25, -0.2) is 9.97 Å². The van der Waals surface area contributed by atoms with E-state index in [1.54, 1.807) is 0 Å². The lowest BCUT2D eigenvalue weighted by Crippen LogP contribution is -2.02. The molecule has 1 radical (unpaired) electrons. The van der Waals surface area contributed by atoms with E-state index < -0.39 is 0 Å². The number of hydrogen-bond acceptors (Lipinski definition) is 2. The molecule has 281 valence electrons. The Kier molecular flexibility index (Phi) is 35.1. The van der Waals surface area contributed by atoms with Crippen molar-refractivity contribution < 1.29 is 0 Å². The van der Waals surface area contributed by atoms with Crippen LogP contribution in [0.3, 0.4) is 0 Å². The highest BCUT2D eigenvalue weighted by Crippen LogP contribution is 2.17. The first-order valence-electron chi connectivity index (χ1n) is 22.5. The van der Waals surface area contributed by atoms with Crippen molar-refractivity contribution in [2.24, 2.45) is 0 Å². The van der Waals surface area contributed by atoms with E-state index in [1.165, 1.54) is 243 Å². The first kappa shape index (κ1) is 45.1. The zero-order valence-electron chi connectivity index (χ0n) is 33.4. The van der Waals surface area contributed by atoms with Gasteiger partial charge in [0.1, 0.15) is 5.82 Å². The molecule has 0 fully saturated rings. The third-order valence-electron chi connectivity index (χ3n) is 10.7. The summed E-state index contributed by atoms with van der Waals surface area (Å²) in [7, 11) is 0. The quantitative estimate of drug-likeness (QED) is 0.0653. The van der Waals surface area contributed by atoms with Crippen LogP contribution >= 0.6 is 0 Å². The van der Waals surface area contributed by atoms with E-state index in [1.807, 2.05) is 0 Å². The maximum Gasteiger partial charge on any atom is 0.132 e. The second-order valence-electron chi connectivity index (χ2n) is 15.5. The van der Waals surface area contributed by atoms with Crippen molar-refractivity contribution in [2.75, 3.05) is 0 Å². The Labute approximate surface area is 303 Å². The van der Waals surface area contributed by atoms with Gasteiger partial charge in [-0.1, -0.05) is 239 Å². The number of unbranched alkanes of at least 4 members (excludes halogenated alkanes) is 34. The van der Waals surface area contributed by atoms with Gasteiger partial charge < -0.3 is 0 Å². The third kappa shape index (κ3) is 31.1. The lowest BCUT2D eigenvalue weighted by Gasteiger charge is -2.08. The number of aryl methyl sites for hydroxylation is 2. The van der Waals surface area contributed by atoms with E-state index in [9.17, 15) is 0 Å². The molecule has 0 bridgehead atoms. The predicted octanol–water partition coefficient (Wildman–Crippen LogP) is 16.2. The van der Waals surface area contributed by atoms with Gasteiger partial charge in [0.05, 0.1) is 0 Å². The van der Waals surface area contributed by atoms with Crippen molar-refractivity contribution in [3.05, 3.63) is 29.7 Å². The van der Waals surface area contributed by atoms with Crippen LogP contribution in [0.5, 0.6) is 0 Å². The molecule has 0 spiro atoms. The Morgan fingerprint density at radius 1 is 0.333 bits per heavy atom. The van der Waals surface area contributed by atoms with Crippen molar-refractivity contribution in [1.29, 1.82) is 0 Å². The van der Waals surface area contributed by atoms with Crippen LogP contribution in [0.2, 0.25) is 0 Å². The molecule has 48 heavy (non-hydrogen) atoms. The molecule has 0 unspecified atom stereocenters. The minimum atomic E-state index is 0.937. The molecule has 0 aliphatic rings. The summed E-state index contributed by atoms with van der Waals surface area (Å²) in [6, 6.07) is 2.31. The number of rotatable bonds is 39. The molecule has 1 rings (SSSR count). The molecule has 2 heteroatoms. The molecule has 0 atom stereocenters. The first-order chi connectivity index (χ1) is 23.8. The van der Waals surface area contributed by atoms with Crippen LogP contribution in [0.4, 0.5) is 0 Å². The van der Waals surface area contributed by atoms with Crippen molar-refractivity contribution >= 4 is 0 Å². The lowest BCUT2D eigenvalue weighted by atomic mass is 10.0. The second kappa shape index (κ2) is 37.3. The Morgan fingerprint density at radius 3 is 0.750 bits per heavy atom. The second-order valence-corrected chi connectivity index (χ2v) is 15.5. The maximum atomic E-state index is 4.83. The fourth-order valence-electron chi connectivity index (χ4n) is 7.38. The van der Waals surface area contributed by atoms with E-state index in [0.717, 1.165) is 18.7 Å². The zero-order valence-corrected chi connectivity index (χ0v) is 33.4. The van der Waals surface area contributed by atoms with Gasteiger partial charge in [0.15, 0.2) is 0 Å². The van der Waals surface area contributed by atoms with Crippen LogP contribution in [-0.4, -0.2) is 9.97 Å². The largest absolute Gasteiger partial charge is 0.238 e. The topological polar surface area (TPSA) is 25.8 Å². The molecule has 1 heterocycles. The number of hydrogen-bond donors (Lipinski definition) is 0. The van der Waals surface area contributed by atoms with Crippen molar-refractivity contribution in [3.8, 4) is 0 Å². The Morgan fingerprint density at radius 2 is 0.542 bits per heavy atom. The summed E-state index contributed by atoms with van der Waals surface area (Å²) < 4.78 is 0. The minimum Gasteiger partial charge on any atom is -0.238 e. The van der Waals surface area contributed by atoms with Crippen molar-refractivity contribution in [2.45, 2.75) is 265 Å². The molecule has 1 aromatic heterocycles. The molecule has 2 nitrogen and oxygen atoms in total. The van der Waals surface area contributed by atoms with Crippen LogP contribution in [0.25, 0.3) is 0 Å². The van der Waals surface area contributed by atoms with Gasteiger partial charge in [-0.3, -0.25) is 0 Å². The molecule has 0 saturated heterocycles. The fraction of sp³-hybridized carbons (Fsp3) is 0.891. The average Bonchev–Trinajstić information content (AvgIpc) is 3.10. The highest BCUT2D eigenvalue weighted by atomic mass is 14.9. The molecule has 0 amide bonds. The highest BCUT2D eigenvalue weighted by Gasteiger charge is 2.05. The zero-order chi connectivity index (χ0) is 34.4. The Bertz CT molecular complexity index is 700. The van der Waals surface area contributed by atoms with Gasteiger partial charge in [0, 0.05) is 17.8 Å². The van der Waals surface area contributed by atoms with Gasteiger partial charge in [-0.2, -0.15) is 0 Å². The van der Waals surface area contributed by atoms with Crippen molar-refractivity contribution in [3.63, 3.8) is 0 Å². The molecule has 1 aromatic rings. The van der Waals surface area contributed by atoms with E-state index in [0.29, 0.717) is 0 Å². The number of nitrogens with zero attached hydrogens (tertiary/aromatic N) is 2. The fourth-order valence-corrected chi connectivity index (χ4v) is 7.38. The maximum absolute atomic E-state index is 4.83. The SMILES string of the molecule is C[CH]c1nc(CCCCCCCCCCCCCCCCCCCC)cc(CCCCCCCCCCCCCCCCCCCC)n1. The van der Waals surface area contributed by atoms with Crippen LogP contribution < -0.4 is 0 Å². The van der Waals surface area contributed by atoms with Gasteiger partial charge in [0.2, 0.25) is 0 Å². The van der Waals surface area contributed by atoms with Crippen molar-refractivity contribution in [1.82, 2.24) is 9.97 Å². The minimum absolute atomic E-state index is 0.937. The summed E-state index contributed by atoms with van der Waals surface area (Å²) in [5.41, 5.74) is 2.54. The normalized spacial score (nSPS) is 11.6. The van der Waals surface area contributed by atoms with Crippen LogP contribution in [0.15, 0.2) is 6.07 Å². The number of aromatic nitrogens is 2. The average molecular weight is 668 g/mol. The Balaban J connectivity index is 1.93. The summed E-state index contributed by atoms with van der Waals surface area (Å²) in [6.45, 7) is 6.69. The van der Waals surface area contributed by atoms with Gasteiger partial charge in [-0.05, 0) is 31.7 Å². The molecule has 0 N–H and O–H groups in total. The third-order valence-corrected chi connectivity index (χ3v) is 10.7. The van der Waals surface area contributed by atoms with E-state index >= 15 is 0 Å². The van der Waals surface area contributed by atoms with E-state index in [-0.39, 0.29) is 0 Å². The molecule has 0 aromatic carbocycles. The van der Waals surface area contributed by atoms with Gasteiger partial charge >= 0.3 is 0 Å². The summed E-state index contributed by atoms with van der Waals surface area (Å²) in [5, 5.41) is 0. The van der Waals surface area contributed by atoms with E-state index in [4.69, 9.17) is 9.97 Å². The monoisotopic (exact) mass is 668 g/mol. The molecule has 0 saturated carbocycles. The molecular weight excluding hydrogens is 581 g/mol. The van der Waals surface area contributed by atoms with Crippen LogP contribution in [0.1, 0.15) is 269 Å². The summed E-state index contributed by atoms with van der Waals surface area (Å²) >= 11 is 0. The van der Waals surface area contributed by atoms with Gasteiger partial charge in [-0.15, -0.1) is 0 Å². The molecular formula is C46H87N2. The summed E-state index contributed by atoms with van der Waals surface area (Å²) in [4.78, 5) is 9.66. The standard InChI is InChI=1S/C46H87N2/c1-4-7-9-11-13-15-17-19-21-23-25-27-29-31-33-35-37-39-41-44-43-45(48-46(6-3)47-44)42-40-38-36-34-32-30-28-26-24-22-20-18-16-14-12-10-8-5-2/h6,43H,4-5,7-42H2,1-3H3. The lowest BCUT2D eigenvalue weighted by molar-refractivity contribution is 0.524. The molecule has 0 aliphatic heterocycles. The smallest absolute Gasteiger partial charge is 0.132 e. The van der Waals surface area contributed by atoms with Crippen LogP contribution in [0, 0.1) is 6.42 Å². The first-order valence-corrected chi connectivity index (χ1v) is 22.5. The van der Waals surface area contributed by atoms with Gasteiger partial charge in [0.25, 0.3) is 0 Å². The van der Waals surface area contributed by atoms with Crippen LogP contribution in [-0.2, 0) is 12.8 Å². The molecule has 0 aliphatic carbocycles. The Hall–Kier alpha value is -0.920. The summed E-state index contributed by atoms with van der Waals surface area (Å²) in [6.07, 6.45) is 55.9. The summed E-state index contributed by atoms with van der Waals surface area (Å²) in [5.74, 6) is 0.937. The highest BCUT2D eigenvalue weighted by molar-refractivity contribution is 5.15.